The van der Waals surface area contributed by atoms with Gasteiger partial charge in [-0.1, -0.05) is 36.4 Å². The number of guanidine groups is 1. The Balaban J connectivity index is 0.00000341. The summed E-state index contributed by atoms with van der Waals surface area (Å²) in [6, 6.07) is 16.9. The first-order chi connectivity index (χ1) is 14.5. The Bertz CT molecular complexity index is 862. The van der Waals surface area contributed by atoms with Crippen molar-refractivity contribution in [3.8, 4) is 0 Å². The summed E-state index contributed by atoms with van der Waals surface area (Å²) in [5.74, 6) is 0.367. The Morgan fingerprint density at radius 3 is 2.68 bits per heavy atom. The highest BCUT2D eigenvalue weighted by Gasteiger charge is 2.21. The number of hydrogen-bond acceptors (Lipinski definition) is 3. The molecule has 1 amide bonds. The molecule has 0 radical (unpaired) electrons. The van der Waals surface area contributed by atoms with Crippen LogP contribution in [0.4, 0.5) is 10.1 Å². The smallest absolute Gasteiger partial charge is 0.241 e. The van der Waals surface area contributed by atoms with Gasteiger partial charge in [0.2, 0.25) is 5.91 Å². The molecule has 1 atom stereocenters. The topological polar surface area (TPSA) is 60.0 Å². The number of nitrogens with zero attached hydrogens (tertiary/aromatic N) is 3. The van der Waals surface area contributed by atoms with Crippen molar-refractivity contribution in [2.75, 3.05) is 38.6 Å². The van der Waals surface area contributed by atoms with E-state index in [1.54, 1.807) is 31.1 Å². The lowest BCUT2D eigenvalue weighted by Gasteiger charge is -2.35. The summed E-state index contributed by atoms with van der Waals surface area (Å²) in [5.41, 5.74) is 1.99. The number of halogens is 2. The Morgan fingerprint density at radius 1 is 1.19 bits per heavy atom. The number of anilines is 1. The van der Waals surface area contributed by atoms with Crippen molar-refractivity contribution in [1.82, 2.24) is 15.5 Å². The number of hydrogen-bond donors (Lipinski definition) is 2. The monoisotopic (exact) mass is 539 g/mol. The molecule has 0 aromatic heterocycles. The average molecular weight is 539 g/mol. The van der Waals surface area contributed by atoms with Gasteiger partial charge in [0.1, 0.15) is 5.82 Å². The van der Waals surface area contributed by atoms with Crippen molar-refractivity contribution in [2.24, 2.45) is 4.99 Å². The van der Waals surface area contributed by atoms with Crippen molar-refractivity contribution in [1.29, 1.82) is 0 Å². The molecule has 0 saturated carbocycles. The van der Waals surface area contributed by atoms with E-state index in [-0.39, 0.29) is 48.3 Å². The molecule has 0 aliphatic carbocycles. The second-order valence-electron chi connectivity index (χ2n) is 7.70. The molecule has 3 rings (SSSR count). The molecule has 0 bridgehead atoms. The van der Waals surface area contributed by atoms with Crippen LogP contribution in [-0.4, -0.2) is 56.5 Å². The van der Waals surface area contributed by atoms with E-state index in [0.29, 0.717) is 12.5 Å². The quantitative estimate of drug-likeness (QED) is 0.337. The molecule has 2 aromatic rings. The van der Waals surface area contributed by atoms with Crippen LogP contribution in [0.15, 0.2) is 59.6 Å². The lowest BCUT2D eigenvalue weighted by atomic mass is 10.0. The lowest BCUT2D eigenvalue weighted by molar-refractivity contribution is -0.127. The van der Waals surface area contributed by atoms with Gasteiger partial charge >= 0.3 is 0 Å². The van der Waals surface area contributed by atoms with Crippen molar-refractivity contribution in [3.63, 3.8) is 0 Å². The fourth-order valence-electron chi connectivity index (χ4n) is 3.42. The molecular formula is C23H31FIN5O. The number of likely N-dealkylation sites (N-methyl/N-ethyl adjacent to an activating group) is 1. The third-order valence-corrected chi connectivity index (χ3v) is 5.10. The predicted octanol–water partition coefficient (Wildman–Crippen LogP) is 3.24. The molecule has 1 heterocycles. The number of nitrogens with one attached hydrogen (secondary N) is 2. The Kier molecular flexibility index (Phi) is 10.0. The van der Waals surface area contributed by atoms with Gasteiger partial charge in [-0.3, -0.25) is 4.79 Å². The number of piperidine rings is 1. The van der Waals surface area contributed by atoms with E-state index >= 15 is 0 Å². The van der Waals surface area contributed by atoms with E-state index < -0.39 is 0 Å². The van der Waals surface area contributed by atoms with Crippen LogP contribution in [0.1, 0.15) is 18.4 Å². The van der Waals surface area contributed by atoms with Crippen molar-refractivity contribution >= 4 is 41.5 Å². The van der Waals surface area contributed by atoms with Gasteiger partial charge in [0.25, 0.3) is 0 Å². The molecule has 168 valence electrons. The Morgan fingerprint density at radius 2 is 1.97 bits per heavy atom. The maximum atomic E-state index is 13.6. The second-order valence-corrected chi connectivity index (χ2v) is 7.70. The highest BCUT2D eigenvalue weighted by atomic mass is 127. The number of benzene rings is 2. The van der Waals surface area contributed by atoms with E-state index in [9.17, 15) is 9.18 Å². The van der Waals surface area contributed by atoms with Crippen LogP contribution < -0.4 is 15.5 Å². The van der Waals surface area contributed by atoms with Gasteiger partial charge in [0.05, 0.1) is 13.1 Å². The SMILES string of the molecule is CN(C)C(=O)CNC(=NCc1ccccc1)NC1CCCN(c2cccc(F)c2)C1.I. The van der Waals surface area contributed by atoms with Crippen LogP contribution >= 0.6 is 24.0 Å². The maximum Gasteiger partial charge on any atom is 0.241 e. The van der Waals surface area contributed by atoms with E-state index in [1.807, 2.05) is 36.4 Å². The number of amides is 1. The maximum absolute atomic E-state index is 13.6. The van der Waals surface area contributed by atoms with Crippen molar-refractivity contribution < 1.29 is 9.18 Å². The molecular weight excluding hydrogens is 508 g/mol. The Hall–Kier alpha value is -2.36. The summed E-state index contributed by atoms with van der Waals surface area (Å²) in [7, 11) is 3.46. The van der Waals surface area contributed by atoms with Gasteiger partial charge in [-0.15, -0.1) is 24.0 Å². The predicted molar refractivity (Wildman–Crippen MR) is 134 cm³/mol. The fourth-order valence-corrected chi connectivity index (χ4v) is 3.42. The van der Waals surface area contributed by atoms with Crippen LogP contribution in [0.3, 0.4) is 0 Å². The third kappa shape index (κ3) is 8.01. The van der Waals surface area contributed by atoms with Crippen molar-refractivity contribution in [2.45, 2.75) is 25.4 Å². The second kappa shape index (κ2) is 12.5. The summed E-state index contributed by atoms with van der Waals surface area (Å²) < 4.78 is 13.6. The lowest BCUT2D eigenvalue weighted by Crippen LogP contribution is -2.52. The first kappa shape index (κ1) is 24.9. The zero-order valence-corrected chi connectivity index (χ0v) is 20.4. The van der Waals surface area contributed by atoms with Gasteiger partial charge in [0, 0.05) is 38.9 Å². The largest absolute Gasteiger partial charge is 0.369 e. The molecule has 1 aliphatic heterocycles. The van der Waals surface area contributed by atoms with Gasteiger partial charge in [0.15, 0.2) is 5.96 Å². The first-order valence-electron chi connectivity index (χ1n) is 10.3. The van der Waals surface area contributed by atoms with Crippen molar-refractivity contribution in [3.05, 3.63) is 66.0 Å². The minimum absolute atomic E-state index is 0. The zero-order valence-electron chi connectivity index (χ0n) is 18.1. The standard InChI is InChI=1S/C23H30FN5O.HI/c1-28(2)22(30)16-26-23(25-15-18-8-4-3-5-9-18)27-20-11-7-13-29(17-20)21-12-6-10-19(24)14-21;/h3-6,8-10,12,14,20H,7,11,13,15-17H2,1-2H3,(H2,25,26,27);1H. The third-order valence-electron chi connectivity index (χ3n) is 5.10. The highest BCUT2D eigenvalue weighted by molar-refractivity contribution is 14.0. The van der Waals surface area contributed by atoms with E-state index in [1.165, 1.54) is 6.07 Å². The van der Waals surface area contributed by atoms with E-state index in [0.717, 1.165) is 37.2 Å². The fraction of sp³-hybridized carbons (Fsp3) is 0.391. The first-order valence-corrected chi connectivity index (χ1v) is 10.3. The minimum Gasteiger partial charge on any atom is -0.369 e. The summed E-state index contributed by atoms with van der Waals surface area (Å²) in [6.45, 7) is 2.34. The number of carbonyl (C=O) groups is 1. The van der Waals surface area contributed by atoms with E-state index in [4.69, 9.17) is 0 Å². The number of rotatable bonds is 6. The normalized spacial score (nSPS) is 16.3. The summed E-state index contributed by atoms with van der Waals surface area (Å²) in [5, 5.41) is 6.62. The van der Waals surface area contributed by atoms with Gasteiger partial charge in [-0.25, -0.2) is 9.38 Å². The highest BCUT2D eigenvalue weighted by Crippen LogP contribution is 2.20. The molecule has 31 heavy (non-hydrogen) atoms. The number of aliphatic imine (C=N–C) groups is 1. The molecule has 2 aromatic carbocycles. The molecule has 1 saturated heterocycles. The molecule has 0 spiro atoms. The minimum atomic E-state index is -0.225. The Labute approximate surface area is 200 Å². The van der Waals surface area contributed by atoms with Crippen LogP contribution in [0.25, 0.3) is 0 Å². The molecule has 2 N–H and O–H groups in total. The summed E-state index contributed by atoms with van der Waals surface area (Å²) >= 11 is 0. The molecule has 1 fully saturated rings. The molecule has 8 heteroatoms. The van der Waals surface area contributed by atoms with Gasteiger partial charge in [-0.2, -0.15) is 0 Å². The molecule has 1 unspecified atom stereocenters. The zero-order chi connectivity index (χ0) is 21.3. The summed E-state index contributed by atoms with van der Waals surface area (Å²) in [6.07, 6.45) is 1.98. The summed E-state index contributed by atoms with van der Waals surface area (Å²) in [4.78, 5) is 20.4. The molecule has 1 aliphatic rings. The number of carbonyl (C=O) groups excluding carboxylic acids is 1. The van der Waals surface area contributed by atoms with Crippen LogP contribution in [-0.2, 0) is 11.3 Å². The van der Waals surface area contributed by atoms with Crippen LogP contribution in [0.5, 0.6) is 0 Å². The van der Waals surface area contributed by atoms with E-state index in [2.05, 4.69) is 20.5 Å². The molecule has 6 nitrogen and oxygen atoms in total. The van der Waals surface area contributed by atoms with Crippen LogP contribution in [0.2, 0.25) is 0 Å². The van der Waals surface area contributed by atoms with Gasteiger partial charge < -0.3 is 20.4 Å². The average Bonchev–Trinajstić information content (AvgIpc) is 2.76. The van der Waals surface area contributed by atoms with Gasteiger partial charge in [-0.05, 0) is 36.6 Å². The van der Waals surface area contributed by atoms with Crippen LogP contribution in [0, 0.1) is 5.82 Å².